The molecule has 0 spiro atoms. The number of hydrogen-bond acceptors (Lipinski definition) is 4. The van der Waals surface area contributed by atoms with Crippen molar-refractivity contribution in [1.82, 2.24) is 9.36 Å². The second-order valence-electron chi connectivity index (χ2n) is 5.90. The molecule has 0 saturated heterocycles. The second-order valence-corrected chi connectivity index (χ2v) is 5.90. The molecule has 7 heteroatoms. The molecule has 0 radical (unpaired) electrons. The predicted octanol–water partition coefficient (Wildman–Crippen LogP) is 3.81. The highest BCUT2D eigenvalue weighted by Crippen LogP contribution is 2.17. The van der Waals surface area contributed by atoms with Crippen molar-refractivity contribution >= 4 is 23.7 Å². The Kier molecular flexibility index (Phi) is 5.12. The Morgan fingerprint density at radius 3 is 2.56 bits per heavy atom. The van der Waals surface area contributed by atoms with Gasteiger partial charge in [0, 0.05) is 25.4 Å². The number of aromatic nitrogens is 2. The van der Waals surface area contributed by atoms with E-state index in [-0.39, 0.29) is 11.2 Å². The Balaban J connectivity index is 1.87. The minimum Gasteiger partial charge on any atom is -0.283 e. The number of nitro benzene ring substituents is 1. The van der Waals surface area contributed by atoms with Crippen LogP contribution in [0.25, 0.3) is 11.8 Å². The lowest BCUT2D eigenvalue weighted by atomic mass is 10.2. The maximum Gasteiger partial charge on any atom is 0.297 e. The van der Waals surface area contributed by atoms with Crippen LogP contribution in [-0.2, 0) is 7.05 Å². The average Bonchev–Trinajstić information content (AvgIpc) is 2.89. The third kappa shape index (κ3) is 3.77. The Bertz CT molecular complexity index is 1090. The fourth-order valence-electron chi connectivity index (χ4n) is 2.72. The number of benzene rings is 2. The van der Waals surface area contributed by atoms with E-state index in [2.05, 4.69) is 4.99 Å². The number of non-ortho nitro benzene ring substituents is 1. The highest BCUT2D eigenvalue weighted by molar-refractivity contribution is 5.80. The molecule has 136 valence electrons. The van der Waals surface area contributed by atoms with E-state index in [9.17, 15) is 14.9 Å². The van der Waals surface area contributed by atoms with Crippen molar-refractivity contribution in [3.8, 4) is 5.69 Å². The van der Waals surface area contributed by atoms with Crippen molar-refractivity contribution in [2.75, 3.05) is 0 Å². The molecule has 0 aliphatic carbocycles. The maximum atomic E-state index is 12.7. The van der Waals surface area contributed by atoms with Crippen LogP contribution in [0.15, 0.2) is 70.5 Å². The molecule has 0 N–H and O–H groups in total. The molecule has 0 unspecified atom stereocenters. The van der Waals surface area contributed by atoms with Crippen LogP contribution in [-0.4, -0.2) is 20.5 Å². The Morgan fingerprint density at radius 1 is 1.11 bits per heavy atom. The van der Waals surface area contributed by atoms with Gasteiger partial charge in [-0.05, 0) is 30.7 Å². The first-order chi connectivity index (χ1) is 13.0. The predicted molar refractivity (Wildman–Crippen MR) is 106 cm³/mol. The summed E-state index contributed by atoms with van der Waals surface area (Å²) in [6.07, 6.45) is 4.86. The van der Waals surface area contributed by atoms with Crippen LogP contribution >= 0.6 is 0 Å². The van der Waals surface area contributed by atoms with Gasteiger partial charge in [-0.1, -0.05) is 36.4 Å². The summed E-state index contributed by atoms with van der Waals surface area (Å²) >= 11 is 0. The molecule has 0 aliphatic rings. The van der Waals surface area contributed by atoms with Gasteiger partial charge in [-0.15, -0.1) is 0 Å². The molecular weight excluding hydrogens is 344 g/mol. The van der Waals surface area contributed by atoms with Crippen molar-refractivity contribution < 1.29 is 4.92 Å². The molecule has 27 heavy (non-hydrogen) atoms. The summed E-state index contributed by atoms with van der Waals surface area (Å²) in [5.74, 6) is 0. The van der Waals surface area contributed by atoms with Gasteiger partial charge in [0.2, 0.25) is 0 Å². The molecule has 0 atom stereocenters. The van der Waals surface area contributed by atoms with Crippen molar-refractivity contribution in [2.24, 2.45) is 12.0 Å². The summed E-state index contributed by atoms with van der Waals surface area (Å²) in [4.78, 5) is 27.4. The van der Waals surface area contributed by atoms with Crippen molar-refractivity contribution in [2.45, 2.75) is 6.92 Å². The first-order valence-electron chi connectivity index (χ1n) is 8.28. The number of aliphatic imine (C=N–C) groups is 1. The second kappa shape index (κ2) is 7.65. The molecule has 0 amide bonds. The third-order valence-electron chi connectivity index (χ3n) is 4.18. The normalized spacial score (nSPS) is 11.5. The van der Waals surface area contributed by atoms with Gasteiger partial charge in [0.1, 0.15) is 0 Å². The van der Waals surface area contributed by atoms with E-state index in [4.69, 9.17) is 0 Å². The van der Waals surface area contributed by atoms with E-state index in [0.717, 1.165) is 11.4 Å². The number of nitrogens with zero attached hydrogens (tertiary/aromatic N) is 4. The Morgan fingerprint density at radius 2 is 1.85 bits per heavy atom. The summed E-state index contributed by atoms with van der Waals surface area (Å²) in [6, 6.07) is 15.6. The lowest BCUT2D eigenvalue weighted by Crippen LogP contribution is -2.19. The molecular formula is C20H18N4O3. The van der Waals surface area contributed by atoms with Gasteiger partial charge in [0.05, 0.1) is 16.3 Å². The smallest absolute Gasteiger partial charge is 0.283 e. The SMILES string of the molecule is Cc1c(N=C/C=C/c2cccc([N+](=O)[O-])c2)c(=O)n(-c2ccccc2)n1C. The summed E-state index contributed by atoms with van der Waals surface area (Å²) in [7, 11) is 1.81. The zero-order chi connectivity index (χ0) is 19.4. The van der Waals surface area contributed by atoms with E-state index in [1.807, 2.05) is 44.3 Å². The molecule has 3 rings (SSSR count). The largest absolute Gasteiger partial charge is 0.297 e. The highest BCUT2D eigenvalue weighted by atomic mass is 16.6. The van der Waals surface area contributed by atoms with Crippen LogP contribution in [0.5, 0.6) is 0 Å². The summed E-state index contributed by atoms with van der Waals surface area (Å²) in [6.45, 7) is 1.83. The van der Waals surface area contributed by atoms with Crippen molar-refractivity contribution in [3.05, 3.63) is 92.4 Å². The molecule has 7 nitrogen and oxygen atoms in total. The number of allylic oxidation sites excluding steroid dienone is 1. The Hall–Kier alpha value is -3.74. The van der Waals surface area contributed by atoms with Gasteiger partial charge in [-0.2, -0.15) is 0 Å². The topological polar surface area (TPSA) is 82.4 Å². The summed E-state index contributed by atoms with van der Waals surface area (Å²) < 4.78 is 3.32. The third-order valence-corrected chi connectivity index (χ3v) is 4.18. The molecule has 1 heterocycles. The zero-order valence-electron chi connectivity index (χ0n) is 14.9. The van der Waals surface area contributed by atoms with Crippen molar-refractivity contribution in [1.29, 1.82) is 0 Å². The van der Waals surface area contributed by atoms with E-state index in [1.165, 1.54) is 18.3 Å². The molecule has 3 aromatic rings. The van der Waals surface area contributed by atoms with Crippen molar-refractivity contribution in [3.63, 3.8) is 0 Å². The van der Waals surface area contributed by atoms with Crippen LogP contribution in [0.4, 0.5) is 11.4 Å². The minimum atomic E-state index is -0.440. The van der Waals surface area contributed by atoms with Crippen LogP contribution in [0.2, 0.25) is 0 Å². The molecule has 0 bridgehead atoms. The van der Waals surface area contributed by atoms with E-state index >= 15 is 0 Å². The lowest BCUT2D eigenvalue weighted by molar-refractivity contribution is -0.384. The quantitative estimate of drug-likeness (QED) is 0.393. The van der Waals surface area contributed by atoms with Gasteiger partial charge in [0.25, 0.3) is 11.2 Å². The summed E-state index contributed by atoms with van der Waals surface area (Å²) in [5.41, 5.74) is 2.36. The fraction of sp³-hybridized carbons (Fsp3) is 0.100. The summed E-state index contributed by atoms with van der Waals surface area (Å²) in [5, 5.41) is 10.8. The molecule has 0 aliphatic heterocycles. The highest BCUT2D eigenvalue weighted by Gasteiger charge is 2.14. The zero-order valence-corrected chi connectivity index (χ0v) is 14.9. The monoisotopic (exact) mass is 362 g/mol. The Labute approximate surface area is 155 Å². The number of para-hydroxylation sites is 1. The average molecular weight is 362 g/mol. The maximum absolute atomic E-state index is 12.7. The number of nitro groups is 1. The molecule has 1 aromatic heterocycles. The van der Waals surface area contributed by atoms with Gasteiger partial charge in [0.15, 0.2) is 5.69 Å². The van der Waals surface area contributed by atoms with E-state index in [1.54, 1.807) is 33.6 Å². The molecule has 2 aromatic carbocycles. The standard InChI is InChI=1S/C20H18N4O3/c1-15-19(20(25)23(22(15)2)17-10-4-3-5-11-17)21-13-7-9-16-8-6-12-18(14-16)24(26)27/h3-14H,1-2H3/b9-7+,21-13?. The fourth-order valence-corrected chi connectivity index (χ4v) is 2.72. The molecule has 0 saturated carbocycles. The van der Waals surface area contributed by atoms with Crippen LogP contribution < -0.4 is 5.56 Å². The van der Waals surface area contributed by atoms with E-state index in [0.29, 0.717) is 11.3 Å². The molecule has 0 fully saturated rings. The van der Waals surface area contributed by atoms with Crippen LogP contribution in [0, 0.1) is 17.0 Å². The lowest BCUT2D eigenvalue weighted by Gasteiger charge is -2.07. The van der Waals surface area contributed by atoms with Gasteiger partial charge in [-0.25, -0.2) is 9.67 Å². The first kappa shape index (κ1) is 18.1. The van der Waals surface area contributed by atoms with Crippen LogP contribution in [0.3, 0.4) is 0 Å². The first-order valence-corrected chi connectivity index (χ1v) is 8.28. The van der Waals surface area contributed by atoms with Gasteiger partial charge in [-0.3, -0.25) is 19.6 Å². The van der Waals surface area contributed by atoms with Gasteiger partial charge >= 0.3 is 0 Å². The van der Waals surface area contributed by atoms with Crippen LogP contribution in [0.1, 0.15) is 11.3 Å². The van der Waals surface area contributed by atoms with Gasteiger partial charge < -0.3 is 0 Å². The number of rotatable bonds is 5. The van der Waals surface area contributed by atoms with E-state index < -0.39 is 4.92 Å². The number of hydrogen-bond donors (Lipinski definition) is 0. The minimum absolute atomic E-state index is 0.0266.